The first-order valence-corrected chi connectivity index (χ1v) is 5.14. The molecule has 0 heteroatoms. The summed E-state index contributed by atoms with van der Waals surface area (Å²) in [5, 5.41) is 0. The molecule has 0 fully saturated rings. The Morgan fingerprint density at radius 3 is 2.27 bits per heavy atom. The van der Waals surface area contributed by atoms with Crippen molar-refractivity contribution in [1.29, 1.82) is 0 Å². The fraction of sp³-hybridized carbons (Fsp3) is 0.133. The quantitative estimate of drug-likeness (QED) is 0.684. The van der Waals surface area contributed by atoms with E-state index in [9.17, 15) is 0 Å². The van der Waals surface area contributed by atoms with Crippen molar-refractivity contribution < 1.29 is 0 Å². The summed E-state index contributed by atoms with van der Waals surface area (Å²) >= 11 is 0. The van der Waals surface area contributed by atoms with Gasteiger partial charge in [-0.25, -0.2) is 0 Å². The minimum Gasteiger partial charge on any atom is -0.0620 e. The zero-order valence-electron chi connectivity index (χ0n) is 8.90. The van der Waals surface area contributed by atoms with Crippen molar-refractivity contribution in [1.82, 2.24) is 0 Å². The van der Waals surface area contributed by atoms with E-state index in [-0.39, 0.29) is 0 Å². The lowest BCUT2D eigenvalue weighted by atomic mass is 10.0. The molecule has 0 spiro atoms. The van der Waals surface area contributed by atoms with Crippen LogP contribution in [0.2, 0.25) is 0 Å². The highest BCUT2D eigenvalue weighted by Crippen LogP contribution is 2.13. The molecule has 2 aromatic carbocycles. The van der Waals surface area contributed by atoms with Crippen molar-refractivity contribution >= 4 is 0 Å². The summed E-state index contributed by atoms with van der Waals surface area (Å²) in [6, 6.07) is 16.5. The van der Waals surface area contributed by atoms with Gasteiger partial charge in [0.05, 0.1) is 0 Å². The summed E-state index contributed by atoms with van der Waals surface area (Å²) in [5.41, 5.74) is 4.85. The van der Waals surface area contributed by atoms with Crippen molar-refractivity contribution in [3.8, 4) is 0 Å². The van der Waals surface area contributed by atoms with Crippen LogP contribution in [0.3, 0.4) is 0 Å². The third kappa shape index (κ3) is 2.47. The van der Waals surface area contributed by atoms with Crippen LogP contribution in [0.5, 0.6) is 0 Å². The van der Waals surface area contributed by atoms with Crippen molar-refractivity contribution in [3.63, 3.8) is 0 Å². The summed E-state index contributed by atoms with van der Waals surface area (Å²) in [4.78, 5) is 0. The highest BCUT2D eigenvalue weighted by Gasteiger charge is 1.98. The van der Waals surface area contributed by atoms with E-state index in [4.69, 9.17) is 6.92 Å². The first-order valence-electron chi connectivity index (χ1n) is 5.14. The molecular formula is C15H14. The lowest BCUT2D eigenvalue weighted by molar-refractivity contribution is 1.15. The number of hydrogen-bond acceptors (Lipinski definition) is 0. The Morgan fingerprint density at radius 2 is 1.60 bits per heavy atom. The smallest absolute Gasteiger partial charge is 0.00120 e. The second-order valence-electron chi connectivity index (χ2n) is 3.84. The Balaban J connectivity index is 2.22. The normalized spacial score (nSPS) is 10.3. The Bertz CT molecular complexity index is 438. The van der Waals surface area contributed by atoms with Crippen molar-refractivity contribution in [2.75, 3.05) is 0 Å². The molecule has 0 aliphatic carbocycles. The highest BCUT2D eigenvalue weighted by molar-refractivity contribution is 5.33. The minimum absolute atomic E-state index is 0.823. The average molecular weight is 194 g/mol. The molecule has 15 heavy (non-hydrogen) atoms. The molecule has 0 saturated heterocycles. The molecule has 0 aliphatic heterocycles. The van der Waals surface area contributed by atoms with Gasteiger partial charge in [-0.2, -0.15) is 0 Å². The van der Waals surface area contributed by atoms with Crippen LogP contribution in [0.4, 0.5) is 0 Å². The van der Waals surface area contributed by atoms with Gasteiger partial charge in [-0.3, -0.25) is 0 Å². The van der Waals surface area contributed by atoms with Gasteiger partial charge in [0.2, 0.25) is 0 Å². The molecule has 0 aromatic heterocycles. The first-order chi connectivity index (χ1) is 7.25. The van der Waals surface area contributed by atoms with E-state index in [1.54, 1.807) is 0 Å². The molecule has 0 bridgehead atoms. The van der Waals surface area contributed by atoms with Crippen LogP contribution in [0.1, 0.15) is 22.3 Å². The van der Waals surface area contributed by atoms with Gasteiger partial charge in [-0.15, -0.1) is 0 Å². The van der Waals surface area contributed by atoms with Crippen LogP contribution in [0.25, 0.3) is 0 Å². The maximum Gasteiger partial charge on any atom is -0.00120 e. The van der Waals surface area contributed by atoms with Crippen LogP contribution < -0.4 is 0 Å². The van der Waals surface area contributed by atoms with Crippen molar-refractivity contribution in [2.24, 2.45) is 0 Å². The molecule has 0 atom stereocenters. The van der Waals surface area contributed by atoms with Gasteiger partial charge in [0.15, 0.2) is 0 Å². The third-order valence-corrected chi connectivity index (χ3v) is 2.64. The Hall–Kier alpha value is -1.56. The molecule has 0 aliphatic rings. The molecule has 2 radical (unpaired) electrons. The maximum absolute atomic E-state index is 5.65. The van der Waals surface area contributed by atoms with Gasteiger partial charge in [0, 0.05) is 0 Å². The Labute approximate surface area is 91.6 Å². The summed E-state index contributed by atoms with van der Waals surface area (Å²) < 4.78 is 0. The molecule has 0 unspecified atom stereocenters. The molecule has 2 aromatic rings. The van der Waals surface area contributed by atoms with Crippen LogP contribution in [-0.4, -0.2) is 0 Å². The molecule has 74 valence electrons. The summed E-state index contributed by atoms with van der Waals surface area (Å²) in [5.74, 6) is 0. The number of hydrogen-bond donors (Lipinski definition) is 0. The Morgan fingerprint density at radius 1 is 0.933 bits per heavy atom. The predicted molar refractivity (Wildman–Crippen MR) is 63.8 cm³/mol. The SMILES string of the molecule is [CH]c1ccc(Cc2ccccc2C)cc1. The van der Waals surface area contributed by atoms with E-state index < -0.39 is 0 Å². The minimum atomic E-state index is 0.823. The predicted octanol–water partition coefficient (Wildman–Crippen LogP) is 3.65. The molecule has 0 amide bonds. The average Bonchev–Trinajstić information content (AvgIpc) is 2.25. The monoisotopic (exact) mass is 194 g/mol. The fourth-order valence-electron chi connectivity index (χ4n) is 1.66. The van der Waals surface area contributed by atoms with E-state index >= 15 is 0 Å². The van der Waals surface area contributed by atoms with Crippen LogP contribution in [0, 0.1) is 13.8 Å². The summed E-state index contributed by atoms with van der Waals surface area (Å²) in [6.45, 7) is 7.80. The van der Waals surface area contributed by atoms with Crippen molar-refractivity contribution in [3.05, 3.63) is 77.7 Å². The van der Waals surface area contributed by atoms with E-state index in [1.165, 1.54) is 16.7 Å². The van der Waals surface area contributed by atoms with Gasteiger partial charge in [-0.1, -0.05) is 48.5 Å². The van der Waals surface area contributed by atoms with E-state index in [2.05, 4.69) is 43.3 Å². The second-order valence-corrected chi connectivity index (χ2v) is 3.84. The Kier molecular flexibility index (Phi) is 2.86. The van der Waals surface area contributed by atoms with E-state index in [0.29, 0.717) is 0 Å². The van der Waals surface area contributed by atoms with Gasteiger partial charge >= 0.3 is 0 Å². The van der Waals surface area contributed by atoms with Gasteiger partial charge in [-0.05, 0) is 42.5 Å². The number of rotatable bonds is 2. The molecule has 0 saturated carbocycles. The van der Waals surface area contributed by atoms with Crippen LogP contribution in [0.15, 0.2) is 48.5 Å². The van der Waals surface area contributed by atoms with E-state index in [0.717, 1.165) is 12.0 Å². The lowest BCUT2D eigenvalue weighted by Gasteiger charge is -2.05. The molecular weight excluding hydrogens is 180 g/mol. The van der Waals surface area contributed by atoms with Crippen molar-refractivity contribution in [2.45, 2.75) is 13.3 Å². The summed E-state index contributed by atoms with van der Waals surface area (Å²) in [6.07, 6.45) is 0.979. The molecule has 0 N–H and O–H groups in total. The summed E-state index contributed by atoms with van der Waals surface area (Å²) in [7, 11) is 0. The van der Waals surface area contributed by atoms with Gasteiger partial charge in [0.25, 0.3) is 0 Å². The third-order valence-electron chi connectivity index (χ3n) is 2.64. The molecule has 2 rings (SSSR count). The van der Waals surface area contributed by atoms with E-state index in [1.807, 2.05) is 12.1 Å². The largest absolute Gasteiger partial charge is 0.0620 e. The van der Waals surface area contributed by atoms with Crippen LogP contribution in [-0.2, 0) is 6.42 Å². The van der Waals surface area contributed by atoms with Crippen LogP contribution >= 0.6 is 0 Å². The first kappa shape index (κ1) is 9.97. The fourth-order valence-corrected chi connectivity index (χ4v) is 1.66. The zero-order valence-corrected chi connectivity index (χ0v) is 8.90. The maximum atomic E-state index is 5.65. The lowest BCUT2D eigenvalue weighted by Crippen LogP contribution is -1.91. The zero-order chi connectivity index (χ0) is 10.7. The second kappa shape index (κ2) is 4.31. The topological polar surface area (TPSA) is 0 Å². The standard InChI is InChI=1S/C15H14/c1-12-7-9-14(10-8-12)11-15-6-4-3-5-13(15)2/h1,3-10H,11H2,2H3. The highest BCUT2D eigenvalue weighted by atomic mass is 14.0. The number of aryl methyl sites for hydroxylation is 1. The molecule has 0 nitrogen and oxygen atoms in total. The molecule has 0 heterocycles. The number of benzene rings is 2. The van der Waals surface area contributed by atoms with Gasteiger partial charge < -0.3 is 0 Å². The van der Waals surface area contributed by atoms with Gasteiger partial charge in [0.1, 0.15) is 0 Å².